The summed E-state index contributed by atoms with van der Waals surface area (Å²) >= 11 is 0. The third-order valence-electron chi connectivity index (χ3n) is 3.35. The number of hydrogen-bond donors (Lipinski definition) is 1. The topological polar surface area (TPSA) is 51.4 Å². The molecule has 0 aliphatic heterocycles. The molecule has 4 nitrogen and oxygen atoms in total. The number of aromatic nitrogens is 1. The average molecular weight is 237 g/mol. The lowest BCUT2D eigenvalue weighted by Gasteiger charge is -2.38. The Hall–Kier alpha value is -0.970. The smallest absolute Gasteiger partial charge is 0.0480 e. The fourth-order valence-corrected chi connectivity index (χ4v) is 1.73. The zero-order valence-corrected chi connectivity index (χ0v) is 11.0. The molecule has 96 valence electrons. The maximum atomic E-state index is 5.89. The molecule has 1 atom stereocenters. The van der Waals surface area contributed by atoms with Crippen LogP contribution in [0.4, 0.5) is 0 Å². The highest BCUT2D eigenvalue weighted by Crippen LogP contribution is 2.19. The molecule has 0 bridgehead atoms. The zero-order valence-electron chi connectivity index (χ0n) is 11.0. The van der Waals surface area contributed by atoms with Crippen LogP contribution in [0.25, 0.3) is 0 Å². The summed E-state index contributed by atoms with van der Waals surface area (Å²) in [6, 6.07) is 4.04. The number of nitrogens with two attached hydrogens (primary N) is 1. The van der Waals surface area contributed by atoms with Crippen molar-refractivity contribution in [2.24, 2.45) is 5.73 Å². The monoisotopic (exact) mass is 237 g/mol. The Morgan fingerprint density at radius 1 is 1.53 bits per heavy atom. The van der Waals surface area contributed by atoms with Gasteiger partial charge >= 0.3 is 0 Å². The first kappa shape index (κ1) is 14.1. The Balaban J connectivity index is 2.63. The van der Waals surface area contributed by atoms with E-state index in [-0.39, 0.29) is 5.54 Å². The van der Waals surface area contributed by atoms with Gasteiger partial charge in [0.15, 0.2) is 0 Å². The van der Waals surface area contributed by atoms with Gasteiger partial charge < -0.3 is 10.5 Å². The molecule has 0 aromatic carbocycles. The van der Waals surface area contributed by atoms with Gasteiger partial charge in [0.2, 0.25) is 0 Å². The van der Waals surface area contributed by atoms with Gasteiger partial charge in [0.05, 0.1) is 0 Å². The van der Waals surface area contributed by atoms with Crippen molar-refractivity contribution in [3.05, 3.63) is 30.1 Å². The van der Waals surface area contributed by atoms with E-state index < -0.39 is 0 Å². The largest absolute Gasteiger partial charge is 0.385 e. The van der Waals surface area contributed by atoms with Crippen LogP contribution in [0.3, 0.4) is 0 Å². The van der Waals surface area contributed by atoms with Crippen LogP contribution < -0.4 is 5.73 Å². The highest BCUT2D eigenvalue weighted by molar-refractivity contribution is 5.09. The summed E-state index contributed by atoms with van der Waals surface area (Å²) < 4.78 is 5.15. The fourth-order valence-electron chi connectivity index (χ4n) is 1.73. The van der Waals surface area contributed by atoms with Crippen molar-refractivity contribution in [2.45, 2.75) is 25.4 Å². The maximum absolute atomic E-state index is 5.89. The standard InChI is InChI=1S/C13H23N3O/c1-13(11-14,6-8-17-3)16(2)10-12-5-4-7-15-9-12/h4-5,7,9H,6,8,10-11,14H2,1-3H3. The van der Waals surface area contributed by atoms with Crippen LogP contribution in [0.1, 0.15) is 18.9 Å². The van der Waals surface area contributed by atoms with Crippen LogP contribution in [-0.2, 0) is 11.3 Å². The molecule has 1 heterocycles. The van der Waals surface area contributed by atoms with Gasteiger partial charge in [-0.15, -0.1) is 0 Å². The molecule has 0 radical (unpaired) electrons. The highest BCUT2D eigenvalue weighted by Gasteiger charge is 2.27. The summed E-state index contributed by atoms with van der Waals surface area (Å²) in [5, 5.41) is 0. The number of nitrogens with zero attached hydrogens (tertiary/aromatic N) is 2. The number of rotatable bonds is 7. The molecule has 0 saturated carbocycles. The second-order valence-electron chi connectivity index (χ2n) is 4.66. The summed E-state index contributed by atoms with van der Waals surface area (Å²) in [5.41, 5.74) is 7.05. The molecular formula is C13H23N3O. The normalized spacial score (nSPS) is 14.9. The van der Waals surface area contributed by atoms with E-state index >= 15 is 0 Å². The Bertz CT molecular complexity index is 318. The van der Waals surface area contributed by atoms with Crippen LogP contribution in [0, 0.1) is 0 Å². The van der Waals surface area contributed by atoms with E-state index in [0.717, 1.165) is 19.6 Å². The quantitative estimate of drug-likeness (QED) is 0.776. The second kappa shape index (κ2) is 6.69. The number of ether oxygens (including phenoxy) is 1. The molecule has 1 unspecified atom stereocenters. The molecule has 1 aromatic rings. The third-order valence-corrected chi connectivity index (χ3v) is 3.35. The van der Waals surface area contributed by atoms with Crippen LogP contribution in [0.15, 0.2) is 24.5 Å². The lowest BCUT2D eigenvalue weighted by molar-refractivity contribution is 0.0838. The third kappa shape index (κ3) is 4.07. The Morgan fingerprint density at radius 3 is 2.82 bits per heavy atom. The SMILES string of the molecule is COCCC(C)(CN)N(C)Cc1cccnc1. The predicted molar refractivity (Wildman–Crippen MR) is 69.7 cm³/mol. The van der Waals surface area contributed by atoms with Crippen LogP contribution in [0.5, 0.6) is 0 Å². The van der Waals surface area contributed by atoms with Crippen molar-refractivity contribution in [1.29, 1.82) is 0 Å². The van der Waals surface area contributed by atoms with Crippen molar-refractivity contribution in [1.82, 2.24) is 9.88 Å². The first-order valence-corrected chi connectivity index (χ1v) is 5.91. The van der Waals surface area contributed by atoms with E-state index in [0.29, 0.717) is 6.54 Å². The van der Waals surface area contributed by atoms with Gasteiger partial charge in [-0.25, -0.2) is 0 Å². The van der Waals surface area contributed by atoms with E-state index in [4.69, 9.17) is 10.5 Å². The van der Waals surface area contributed by atoms with Crippen molar-refractivity contribution in [3.63, 3.8) is 0 Å². The minimum absolute atomic E-state index is 0.0359. The second-order valence-corrected chi connectivity index (χ2v) is 4.66. The van der Waals surface area contributed by atoms with Gasteiger partial charge in [-0.05, 0) is 32.0 Å². The Labute approximate surface area is 104 Å². The summed E-state index contributed by atoms with van der Waals surface area (Å²) in [7, 11) is 3.81. The number of pyridine rings is 1. The average Bonchev–Trinajstić information content (AvgIpc) is 2.37. The van der Waals surface area contributed by atoms with E-state index in [1.807, 2.05) is 12.3 Å². The number of hydrogen-bond acceptors (Lipinski definition) is 4. The van der Waals surface area contributed by atoms with E-state index in [1.165, 1.54) is 5.56 Å². The minimum Gasteiger partial charge on any atom is -0.385 e. The summed E-state index contributed by atoms with van der Waals surface area (Å²) in [6.45, 7) is 4.37. The number of methoxy groups -OCH3 is 1. The van der Waals surface area contributed by atoms with Crippen LogP contribution in [-0.4, -0.2) is 42.7 Å². The fraction of sp³-hybridized carbons (Fsp3) is 0.615. The molecule has 0 fully saturated rings. The summed E-state index contributed by atoms with van der Waals surface area (Å²) in [6.07, 6.45) is 4.61. The van der Waals surface area contributed by atoms with Gasteiger partial charge in [0, 0.05) is 44.7 Å². The molecule has 1 aromatic heterocycles. The molecule has 1 rings (SSSR count). The van der Waals surface area contributed by atoms with Crippen molar-refractivity contribution < 1.29 is 4.74 Å². The molecular weight excluding hydrogens is 214 g/mol. The first-order chi connectivity index (χ1) is 8.12. The maximum Gasteiger partial charge on any atom is 0.0480 e. The van der Waals surface area contributed by atoms with E-state index in [1.54, 1.807) is 13.3 Å². The van der Waals surface area contributed by atoms with Crippen molar-refractivity contribution in [3.8, 4) is 0 Å². The molecule has 0 aliphatic carbocycles. The van der Waals surface area contributed by atoms with Gasteiger partial charge in [-0.2, -0.15) is 0 Å². The molecule has 4 heteroatoms. The van der Waals surface area contributed by atoms with Gasteiger partial charge in [-0.3, -0.25) is 9.88 Å². The highest BCUT2D eigenvalue weighted by atomic mass is 16.5. The van der Waals surface area contributed by atoms with Crippen LogP contribution in [0.2, 0.25) is 0 Å². The summed E-state index contributed by atoms with van der Waals surface area (Å²) in [5.74, 6) is 0. The lowest BCUT2D eigenvalue weighted by Crippen LogP contribution is -2.49. The minimum atomic E-state index is -0.0359. The van der Waals surface area contributed by atoms with Crippen LogP contribution >= 0.6 is 0 Å². The Kier molecular flexibility index (Phi) is 5.55. The van der Waals surface area contributed by atoms with Gasteiger partial charge in [-0.1, -0.05) is 6.07 Å². The van der Waals surface area contributed by atoms with Gasteiger partial charge in [0.25, 0.3) is 0 Å². The molecule has 0 amide bonds. The number of likely N-dealkylation sites (N-methyl/N-ethyl adjacent to an activating group) is 1. The van der Waals surface area contributed by atoms with Crippen molar-refractivity contribution >= 4 is 0 Å². The van der Waals surface area contributed by atoms with Crippen molar-refractivity contribution in [2.75, 3.05) is 27.3 Å². The first-order valence-electron chi connectivity index (χ1n) is 5.91. The molecule has 0 aliphatic rings. The Morgan fingerprint density at radius 2 is 2.29 bits per heavy atom. The van der Waals surface area contributed by atoms with E-state index in [9.17, 15) is 0 Å². The molecule has 0 saturated heterocycles. The molecule has 0 spiro atoms. The van der Waals surface area contributed by atoms with Gasteiger partial charge in [0.1, 0.15) is 0 Å². The van der Waals surface area contributed by atoms with E-state index in [2.05, 4.69) is 29.9 Å². The zero-order chi connectivity index (χ0) is 12.7. The molecule has 17 heavy (non-hydrogen) atoms. The lowest BCUT2D eigenvalue weighted by atomic mass is 9.96. The summed E-state index contributed by atoms with van der Waals surface area (Å²) in [4.78, 5) is 6.39. The predicted octanol–water partition coefficient (Wildman–Crippen LogP) is 1.27. The molecule has 2 N–H and O–H groups in total.